The van der Waals surface area contributed by atoms with Crippen LogP contribution in [0.25, 0.3) is 10.9 Å². The van der Waals surface area contributed by atoms with Gasteiger partial charge in [-0.3, -0.25) is 0 Å². The fourth-order valence-corrected chi connectivity index (χ4v) is 3.50. The Balaban J connectivity index is 2.17. The second-order valence-electron chi connectivity index (χ2n) is 6.41. The number of aromatic nitrogens is 1. The molecule has 3 aromatic rings. The number of methoxy groups -OCH3 is 2. The van der Waals surface area contributed by atoms with Gasteiger partial charge in [0.1, 0.15) is 11.8 Å². The highest BCUT2D eigenvalue weighted by molar-refractivity contribution is 5.91. The Labute approximate surface area is 154 Å². The summed E-state index contributed by atoms with van der Waals surface area (Å²) in [6, 6.07) is 16.0. The Morgan fingerprint density at radius 1 is 1.08 bits per heavy atom. The number of esters is 1. The summed E-state index contributed by atoms with van der Waals surface area (Å²) < 4.78 is 12.7. The molecular formula is C22H25NO3. The van der Waals surface area contributed by atoms with Gasteiger partial charge in [-0.15, -0.1) is 0 Å². The molecule has 0 N–H and O–H groups in total. The van der Waals surface area contributed by atoms with Crippen LogP contribution in [0.15, 0.2) is 54.7 Å². The van der Waals surface area contributed by atoms with E-state index in [2.05, 4.69) is 31.3 Å². The largest absolute Gasteiger partial charge is 0.495 e. The van der Waals surface area contributed by atoms with E-state index in [1.54, 1.807) is 7.11 Å². The molecule has 1 aromatic heterocycles. The van der Waals surface area contributed by atoms with Gasteiger partial charge in [0.05, 0.1) is 19.7 Å². The summed E-state index contributed by atoms with van der Waals surface area (Å²) >= 11 is 0. The SMILES string of the molecule is CCCC(C(=O)OC)n1cc(Cc2ccccc2)c2cccc(OC)c21. The van der Waals surface area contributed by atoms with Gasteiger partial charge in [-0.2, -0.15) is 0 Å². The Bertz CT molecular complexity index is 883. The number of hydrogen-bond acceptors (Lipinski definition) is 3. The molecule has 0 aliphatic carbocycles. The first-order valence-electron chi connectivity index (χ1n) is 8.97. The van der Waals surface area contributed by atoms with Crippen LogP contribution in [0.4, 0.5) is 0 Å². The molecule has 0 amide bonds. The first-order valence-corrected chi connectivity index (χ1v) is 8.97. The monoisotopic (exact) mass is 351 g/mol. The standard InChI is InChI=1S/C22H25NO3/c1-4-9-19(22(24)26-3)23-15-17(14-16-10-6-5-7-11-16)18-12-8-13-20(25-2)21(18)23/h5-8,10-13,15,19H,4,9,14H2,1-3H3. The van der Waals surface area contributed by atoms with Gasteiger partial charge in [0.2, 0.25) is 0 Å². The number of hydrogen-bond donors (Lipinski definition) is 0. The van der Waals surface area contributed by atoms with Crippen LogP contribution in [0.5, 0.6) is 5.75 Å². The topological polar surface area (TPSA) is 40.5 Å². The summed E-state index contributed by atoms with van der Waals surface area (Å²) in [6.07, 6.45) is 4.50. The molecule has 2 aromatic carbocycles. The predicted octanol–water partition coefficient (Wildman–Crippen LogP) is 4.75. The van der Waals surface area contributed by atoms with Gasteiger partial charge in [-0.05, 0) is 30.0 Å². The Morgan fingerprint density at radius 2 is 1.85 bits per heavy atom. The summed E-state index contributed by atoms with van der Waals surface area (Å²) in [5.41, 5.74) is 3.36. The van der Waals surface area contributed by atoms with Crippen molar-refractivity contribution in [3.05, 3.63) is 65.9 Å². The summed E-state index contributed by atoms with van der Waals surface area (Å²) in [6.45, 7) is 2.07. The molecule has 3 rings (SSSR count). The lowest BCUT2D eigenvalue weighted by atomic mass is 10.0. The zero-order valence-corrected chi connectivity index (χ0v) is 15.6. The van der Waals surface area contributed by atoms with Crippen molar-refractivity contribution < 1.29 is 14.3 Å². The zero-order valence-electron chi connectivity index (χ0n) is 15.6. The molecule has 0 radical (unpaired) electrons. The third-order valence-electron chi connectivity index (χ3n) is 4.73. The lowest BCUT2D eigenvalue weighted by molar-refractivity contribution is -0.144. The Morgan fingerprint density at radius 3 is 2.50 bits per heavy atom. The van der Waals surface area contributed by atoms with Gasteiger partial charge in [0.15, 0.2) is 0 Å². The minimum atomic E-state index is -0.353. The minimum Gasteiger partial charge on any atom is -0.495 e. The van der Waals surface area contributed by atoms with E-state index in [-0.39, 0.29) is 12.0 Å². The fourth-order valence-electron chi connectivity index (χ4n) is 3.50. The van der Waals surface area contributed by atoms with E-state index >= 15 is 0 Å². The Hall–Kier alpha value is -2.75. The lowest BCUT2D eigenvalue weighted by Crippen LogP contribution is -2.20. The normalized spacial score (nSPS) is 12.1. The number of carbonyl (C=O) groups excluding carboxylic acids is 1. The average molecular weight is 351 g/mol. The van der Waals surface area contributed by atoms with Crippen molar-refractivity contribution in [1.82, 2.24) is 4.57 Å². The highest BCUT2D eigenvalue weighted by Crippen LogP contribution is 2.34. The van der Waals surface area contributed by atoms with Crippen LogP contribution in [0, 0.1) is 0 Å². The summed E-state index contributed by atoms with van der Waals surface area (Å²) in [4.78, 5) is 12.4. The maximum Gasteiger partial charge on any atom is 0.328 e. The van der Waals surface area contributed by atoms with E-state index in [4.69, 9.17) is 9.47 Å². The van der Waals surface area contributed by atoms with Crippen molar-refractivity contribution in [3.63, 3.8) is 0 Å². The van der Waals surface area contributed by atoms with Crippen LogP contribution < -0.4 is 4.74 Å². The smallest absolute Gasteiger partial charge is 0.328 e. The molecule has 4 nitrogen and oxygen atoms in total. The molecule has 0 fully saturated rings. The van der Waals surface area contributed by atoms with Crippen LogP contribution in [0.3, 0.4) is 0 Å². The van der Waals surface area contributed by atoms with Crippen LogP contribution in [-0.2, 0) is 16.0 Å². The number of fused-ring (bicyclic) bond motifs is 1. The third-order valence-corrected chi connectivity index (χ3v) is 4.73. The number of rotatable bonds is 7. The number of carbonyl (C=O) groups is 1. The van der Waals surface area contributed by atoms with E-state index in [9.17, 15) is 4.79 Å². The number of benzene rings is 2. The first-order chi connectivity index (χ1) is 12.7. The van der Waals surface area contributed by atoms with Gasteiger partial charge >= 0.3 is 5.97 Å². The van der Waals surface area contributed by atoms with Crippen molar-refractivity contribution in [3.8, 4) is 5.75 Å². The fraction of sp³-hybridized carbons (Fsp3) is 0.318. The zero-order chi connectivity index (χ0) is 18.5. The first kappa shape index (κ1) is 18.1. The molecule has 1 unspecified atom stereocenters. The minimum absolute atomic E-state index is 0.221. The molecule has 0 aliphatic rings. The molecule has 0 bridgehead atoms. The molecule has 136 valence electrons. The highest BCUT2D eigenvalue weighted by atomic mass is 16.5. The summed E-state index contributed by atoms with van der Waals surface area (Å²) in [5.74, 6) is 0.549. The van der Waals surface area contributed by atoms with Crippen molar-refractivity contribution in [1.29, 1.82) is 0 Å². The van der Waals surface area contributed by atoms with Crippen LogP contribution >= 0.6 is 0 Å². The number of nitrogens with zero attached hydrogens (tertiary/aromatic N) is 1. The molecule has 4 heteroatoms. The maximum absolute atomic E-state index is 12.4. The molecule has 0 saturated carbocycles. The van der Waals surface area contributed by atoms with Gasteiger partial charge in [0, 0.05) is 11.6 Å². The molecule has 0 spiro atoms. The van der Waals surface area contributed by atoms with E-state index in [0.717, 1.165) is 35.9 Å². The van der Waals surface area contributed by atoms with Gasteiger partial charge in [-0.25, -0.2) is 4.79 Å². The maximum atomic E-state index is 12.4. The quantitative estimate of drug-likeness (QED) is 0.577. The summed E-state index contributed by atoms with van der Waals surface area (Å²) in [5, 5.41) is 1.11. The average Bonchev–Trinajstić information content (AvgIpc) is 3.04. The van der Waals surface area contributed by atoms with Crippen LogP contribution in [-0.4, -0.2) is 24.8 Å². The molecule has 0 aliphatic heterocycles. The number of ether oxygens (including phenoxy) is 2. The van der Waals surface area contributed by atoms with Crippen LogP contribution in [0.1, 0.15) is 36.9 Å². The van der Waals surface area contributed by atoms with E-state index in [1.165, 1.54) is 18.2 Å². The molecule has 0 saturated heterocycles. The molecule has 1 heterocycles. The van der Waals surface area contributed by atoms with Crippen molar-refractivity contribution in [2.45, 2.75) is 32.2 Å². The van der Waals surface area contributed by atoms with E-state index in [1.807, 2.05) is 34.9 Å². The van der Waals surface area contributed by atoms with Gasteiger partial charge < -0.3 is 14.0 Å². The molecular weight excluding hydrogens is 326 g/mol. The second kappa shape index (κ2) is 8.09. The third kappa shape index (κ3) is 3.45. The number of para-hydroxylation sites is 1. The summed E-state index contributed by atoms with van der Waals surface area (Å²) in [7, 11) is 3.11. The predicted molar refractivity (Wildman–Crippen MR) is 104 cm³/mol. The van der Waals surface area contributed by atoms with Crippen molar-refractivity contribution >= 4 is 16.9 Å². The van der Waals surface area contributed by atoms with Gasteiger partial charge in [-0.1, -0.05) is 55.8 Å². The van der Waals surface area contributed by atoms with Crippen LogP contribution in [0.2, 0.25) is 0 Å². The van der Waals surface area contributed by atoms with E-state index in [0.29, 0.717) is 0 Å². The van der Waals surface area contributed by atoms with E-state index < -0.39 is 0 Å². The Kier molecular flexibility index (Phi) is 5.61. The molecule has 1 atom stereocenters. The molecule has 26 heavy (non-hydrogen) atoms. The second-order valence-corrected chi connectivity index (χ2v) is 6.41. The van der Waals surface area contributed by atoms with Crippen molar-refractivity contribution in [2.24, 2.45) is 0 Å². The lowest BCUT2D eigenvalue weighted by Gasteiger charge is -2.18. The van der Waals surface area contributed by atoms with Crippen molar-refractivity contribution in [2.75, 3.05) is 14.2 Å². The highest BCUT2D eigenvalue weighted by Gasteiger charge is 2.25. The van der Waals surface area contributed by atoms with Gasteiger partial charge in [0.25, 0.3) is 0 Å².